The van der Waals surface area contributed by atoms with Gasteiger partial charge in [0.05, 0.1) is 24.9 Å². The van der Waals surface area contributed by atoms with Crippen LogP contribution < -0.4 is 5.32 Å². The maximum absolute atomic E-state index is 14.4. The summed E-state index contributed by atoms with van der Waals surface area (Å²) in [5.74, 6) is -3.44. The van der Waals surface area contributed by atoms with E-state index in [2.05, 4.69) is 25.5 Å². The number of hydrogen-bond donors (Lipinski definition) is 2. The largest absolute Gasteiger partial charge is 0.478 e. The predicted molar refractivity (Wildman–Crippen MR) is 146 cm³/mol. The number of carbonyl (C=O) groups is 3. The van der Waals surface area contributed by atoms with Crippen molar-refractivity contribution in [3.63, 3.8) is 0 Å². The monoisotopic (exact) mass is 570 g/mol. The summed E-state index contributed by atoms with van der Waals surface area (Å²) in [5, 5.41) is 20.8. The zero-order valence-corrected chi connectivity index (χ0v) is 22.3. The van der Waals surface area contributed by atoms with E-state index in [9.17, 15) is 23.9 Å². The Kier molecular flexibility index (Phi) is 7.56. The summed E-state index contributed by atoms with van der Waals surface area (Å²) in [5.41, 5.74) is -0.694. The van der Waals surface area contributed by atoms with Gasteiger partial charge >= 0.3 is 11.9 Å². The third-order valence-electron chi connectivity index (χ3n) is 6.63. The second-order valence-corrected chi connectivity index (χ2v) is 9.24. The highest BCUT2D eigenvalue weighted by Gasteiger charge is 2.46. The van der Waals surface area contributed by atoms with E-state index in [1.54, 1.807) is 30.3 Å². The molecule has 1 atom stereocenters. The molecule has 0 saturated carbocycles. The zero-order chi connectivity index (χ0) is 29.9. The average molecular weight is 571 g/mol. The number of hydrogen-bond acceptors (Lipinski definition) is 9. The second kappa shape index (κ2) is 11.4. The van der Waals surface area contributed by atoms with Crippen LogP contribution in [0.5, 0.6) is 0 Å². The fourth-order valence-electron chi connectivity index (χ4n) is 4.41. The summed E-state index contributed by atoms with van der Waals surface area (Å²) in [6.45, 7) is 1.35. The molecule has 3 heterocycles. The van der Waals surface area contributed by atoms with Gasteiger partial charge < -0.3 is 19.7 Å². The molecule has 3 aromatic heterocycles. The number of aromatic carboxylic acids is 1. The molecule has 42 heavy (non-hydrogen) atoms. The molecular weight excluding hydrogens is 547 g/mol. The van der Waals surface area contributed by atoms with Gasteiger partial charge in [-0.15, -0.1) is 0 Å². The van der Waals surface area contributed by atoms with Gasteiger partial charge in [-0.25, -0.2) is 19.2 Å². The number of methoxy groups -OCH3 is 1. The van der Waals surface area contributed by atoms with Gasteiger partial charge in [0.25, 0.3) is 0 Å². The van der Waals surface area contributed by atoms with Crippen molar-refractivity contribution < 1.29 is 33.1 Å². The van der Waals surface area contributed by atoms with E-state index >= 15 is 0 Å². The first-order valence-electron chi connectivity index (χ1n) is 12.5. The Balaban J connectivity index is 1.50. The number of aromatic nitrogens is 5. The molecule has 0 aliphatic carbocycles. The lowest BCUT2D eigenvalue weighted by molar-refractivity contribution is -0.150. The van der Waals surface area contributed by atoms with Gasteiger partial charge in [-0.3, -0.25) is 14.3 Å². The van der Waals surface area contributed by atoms with Crippen LogP contribution in [-0.4, -0.2) is 55.0 Å². The third-order valence-corrected chi connectivity index (χ3v) is 6.63. The van der Waals surface area contributed by atoms with Crippen LogP contribution in [0.4, 0.5) is 10.2 Å². The van der Waals surface area contributed by atoms with E-state index in [0.717, 1.165) is 7.11 Å². The topological polar surface area (TPSA) is 162 Å². The Morgan fingerprint density at radius 2 is 1.83 bits per heavy atom. The molecule has 0 aliphatic heterocycles. The molecule has 0 bridgehead atoms. The molecule has 1 unspecified atom stereocenters. The number of benzene rings is 2. The van der Waals surface area contributed by atoms with Crippen molar-refractivity contribution in [1.82, 2.24) is 24.9 Å². The lowest BCUT2D eigenvalue weighted by Gasteiger charge is -2.27. The molecule has 0 fully saturated rings. The number of nitrogens with zero attached hydrogens (tertiary/aromatic N) is 5. The van der Waals surface area contributed by atoms with E-state index in [-0.39, 0.29) is 35.0 Å². The molecule has 1 amide bonds. The quantitative estimate of drug-likeness (QED) is 0.196. The maximum atomic E-state index is 14.4. The molecule has 0 aliphatic rings. The first-order valence-corrected chi connectivity index (χ1v) is 12.5. The molecule has 0 spiro atoms. The van der Waals surface area contributed by atoms with Gasteiger partial charge in [-0.2, -0.15) is 5.10 Å². The highest BCUT2D eigenvalue weighted by atomic mass is 19.1. The second-order valence-electron chi connectivity index (χ2n) is 9.24. The Morgan fingerprint density at radius 1 is 1.07 bits per heavy atom. The van der Waals surface area contributed by atoms with Gasteiger partial charge in [-0.1, -0.05) is 41.6 Å². The van der Waals surface area contributed by atoms with Gasteiger partial charge in [0.1, 0.15) is 29.3 Å². The number of carbonyl (C=O) groups excluding carboxylic acids is 2. The normalized spacial score (nSPS) is 12.4. The maximum Gasteiger partial charge on any atom is 0.336 e. The molecule has 5 aromatic rings. The van der Waals surface area contributed by atoms with Crippen molar-refractivity contribution in [3.8, 4) is 22.9 Å². The van der Waals surface area contributed by atoms with Gasteiger partial charge in [0, 0.05) is 17.8 Å². The van der Waals surface area contributed by atoms with Crippen LogP contribution >= 0.6 is 0 Å². The van der Waals surface area contributed by atoms with Gasteiger partial charge in [0.2, 0.25) is 5.91 Å². The Hall–Kier alpha value is -5.72. The number of ether oxygens (including phenoxy) is 1. The predicted octanol–water partition coefficient (Wildman–Crippen LogP) is 3.95. The van der Waals surface area contributed by atoms with Crippen LogP contribution in [0.3, 0.4) is 0 Å². The van der Waals surface area contributed by atoms with E-state index in [1.165, 1.54) is 60.5 Å². The molecule has 212 valence electrons. The van der Waals surface area contributed by atoms with Crippen LogP contribution in [0.15, 0.2) is 83.7 Å². The number of carboxylic acids is 1. The van der Waals surface area contributed by atoms with E-state index in [4.69, 9.17) is 9.26 Å². The Labute approximate surface area is 237 Å². The molecule has 12 nitrogen and oxygen atoms in total. The summed E-state index contributed by atoms with van der Waals surface area (Å²) in [6.07, 6.45) is 2.77. The van der Waals surface area contributed by atoms with Crippen LogP contribution in [-0.2, 0) is 26.3 Å². The number of rotatable bonds is 9. The molecule has 2 N–H and O–H groups in total. The molecular formula is C29H23FN6O6. The summed E-state index contributed by atoms with van der Waals surface area (Å²) in [6, 6.07) is 16.6. The van der Waals surface area contributed by atoms with Crippen molar-refractivity contribution >= 4 is 23.7 Å². The first kappa shape index (κ1) is 27.8. The van der Waals surface area contributed by atoms with Gasteiger partial charge in [-0.05, 0) is 36.8 Å². The molecule has 0 saturated heterocycles. The lowest BCUT2D eigenvalue weighted by atomic mass is 9.78. The zero-order valence-electron chi connectivity index (χ0n) is 22.3. The minimum atomic E-state index is -2.03. The van der Waals surface area contributed by atoms with Gasteiger partial charge in [0.15, 0.2) is 11.2 Å². The highest BCUT2D eigenvalue weighted by Crippen LogP contribution is 2.31. The van der Waals surface area contributed by atoms with Crippen molar-refractivity contribution in [3.05, 3.63) is 102 Å². The third kappa shape index (κ3) is 5.22. The molecule has 13 heteroatoms. The minimum Gasteiger partial charge on any atom is -0.478 e. The summed E-state index contributed by atoms with van der Waals surface area (Å²) < 4.78 is 25.8. The lowest BCUT2D eigenvalue weighted by Crippen LogP contribution is -2.46. The Bertz CT molecular complexity index is 1790. The van der Waals surface area contributed by atoms with Crippen LogP contribution in [0.1, 0.15) is 28.4 Å². The standard InChI is InChI=1S/C29H23FN6O6/c1-29(28(40)41-2,19-9-5-4-8-18(19)26(37)38)27(39)33-24-11-13-31-25(32-24)22-15-23(21-12-14-42-35-21)36(34-22)16-17-7-3-6-10-20(17)30/h3-15H,16H2,1-2H3,(H,37,38)(H,31,32,33,39). The smallest absolute Gasteiger partial charge is 0.336 e. The summed E-state index contributed by atoms with van der Waals surface area (Å²) >= 11 is 0. The van der Waals surface area contributed by atoms with Crippen molar-refractivity contribution in [2.75, 3.05) is 12.4 Å². The Morgan fingerprint density at radius 3 is 2.55 bits per heavy atom. The number of anilines is 1. The van der Waals surface area contributed by atoms with Crippen LogP contribution in [0, 0.1) is 5.82 Å². The van der Waals surface area contributed by atoms with Crippen molar-refractivity contribution in [2.45, 2.75) is 18.9 Å². The van der Waals surface area contributed by atoms with Crippen LogP contribution in [0.2, 0.25) is 0 Å². The number of amides is 1. The van der Waals surface area contributed by atoms with Crippen molar-refractivity contribution in [2.24, 2.45) is 0 Å². The molecule has 0 radical (unpaired) electrons. The van der Waals surface area contributed by atoms with Crippen molar-refractivity contribution in [1.29, 1.82) is 0 Å². The fraction of sp³-hybridized carbons (Fsp3) is 0.138. The minimum absolute atomic E-state index is 0.0135. The SMILES string of the molecule is COC(=O)C(C)(C(=O)Nc1ccnc(-c2cc(-c3ccon3)n(Cc3ccccc3F)n2)n1)c1ccccc1C(=O)O. The number of halogens is 1. The van der Waals surface area contributed by atoms with E-state index in [1.807, 2.05) is 0 Å². The van der Waals surface area contributed by atoms with E-state index in [0.29, 0.717) is 17.0 Å². The molecule has 2 aromatic carbocycles. The van der Waals surface area contributed by atoms with E-state index < -0.39 is 29.1 Å². The summed E-state index contributed by atoms with van der Waals surface area (Å²) in [4.78, 5) is 47.0. The number of nitrogens with one attached hydrogen (secondary N) is 1. The average Bonchev–Trinajstić information content (AvgIpc) is 3.68. The highest BCUT2D eigenvalue weighted by molar-refractivity contribution is 6.14. The number of esters is 1. The first-order chi connectivity index (χ1) is 20.2. The molecule has 5 rings (SSSR count). The summed E-state index contributed by atoms with van der Waals surface area (Å²) in [7, 11) is 1.10. The van der Waals surface area contributed by atoms with Crippen LogP contribution in [0.25, 0.3) is 22.9 Å². The number of carboxylic acid groups (broad SMARTS) is 1. The fourth-order valence-corrected chi connectivity index (χ4v) is 4.41.